The maximum absolute atomic E-state index is 13.3. The molecule has 0 radical (unpaired) electrons. The highest BCUT2D eigenvalue weighted by Gasteiger charge is 2.04. The number of hydrogen-bond acceptors (Lipinski definition) is 2. The lowest BCUT2D eigenvalue weighted by Gasteiger charge is -2.18. The smallest absolute Gasteiger partial charge is 0.159 e. The van der Waals surface area contributed by atoms with Crippen LogP contribution in [0.25, 0.3) is 11.1 Å². The summed E-state index contributed by atoms with van der Waals surface area (Å²) in [6, 6.07) is 11.9. The highest BCUT2D eigenvalue weighted by atomic mass is 19.2. The van der Waals surface area contributed by atoms with Crippen LogP contribution in [-0.4, -0.2) is 31.1 Å². The first-order valence-electron chi connectivity index (χ1n) is 8.11. The number of benzene rings is 2. The summed E-state index contributed by atoms with van der Waals surface area (Å²) in [5, 5.41) is 3.43. The van der Waals surface area contributed by atoms with Gasteiger partial charge in [-0.1, -0.05) is 44.2 Å². The van der Waals surface area contributed by atoms with Gasteiger partial charge in [0, 0.05) is 19.6 Å². The second kappa shape index (κ2) is 8.75. The van der Waals surface area contributed by atoms with E-state index in [0.717, 1.165) is 44.4 Å². The van der Waals surface area contributed by atoms with Gasteiger partial charge in [-0.15, -0.1) is 0 Å². The topological polar surface area (TPSA) is 15.3 Å². The molecule has 0 aliphatic rings. The Morgan fingerprint density at radius 1 is 0.870 bits per heavy atom. The number of hydrogen-bond donors (Lipinski definition) is 1. The van der Waals surface area contributed by atoms with E-state index in [-0.39, 0.29) is 0 Å². The monoisotopic (exact) mass is 318 g/mol. The largest absolute Gasteiger partial charge is 0.311 e. The number of halogens is 2. The van der Waals surface area contributed by atoms with E-state index in [0.29, 0.717) is 5.56 Å². The highest BCUT2D eigenvalue weighted by Crippen LogP contribution is 2.21. The first kappa shape index (κ1) is 17.6. The third kappa shape index (κ3) is 5.12. The molecule has 23 heavy (non-hydrogen) atoms. The molecule has 0 bridgehead atoms. The van der Waals surface area contributed by atoms with Crippen LogP contribution in [0.3, 0.4) is 0 Å². The summed E-state index contributed by atoms with van der Waals surface area (Å²) in [7, 11) is 0. The van der Waals surface area contributed by atoms with Gasteiger partial charge in [-0.2, -0.15) is 0 Å². The molecule has 0 saturated heterocycles. The Morgan fingerprint density at radius 2 is 1.52 bits per heavy atom. The first-order valence-corrected chi connectivity index (χ1v) is 8.11. The first-order chi connectivity index (χ1) is 11.1. The van der Waals surface area contributed by atoms with Gasteiger partial charge in [-0.05, 0) is 41.9 Å². The molecule has 1 N–H and O–H groups in total. The number of nitrogens with one attached hydrogen (secondary N) is 1. The number of nitrogens with zero attached hydrogens (tertiary/aromatic N) is 1. The summed E-state index contributed by atoms with van der Waals surface area (Å²) in [6.07, 6.45) is 0. The van der Waals surface area contributed by atoms with Gasteiger partial charge in [-0.3, -0.25) is 0 Å². The Balaban J connectivity index is 1.88. The minimum Gasteiger partial charge on any atom is -0.311 e. The molecule has 0 spiro atoms. The zero-order valence-corrected chi connectivity index (χ0v) is 13.8. The van der Waals surface area contributed by atoms with Crippen LogP contribution in [0, 0.1) is 11.6 Å². The molecule has 0 unspecified atom stereocenters. The van der Waals surface area contributed by atoms with E-state index in [9.17, 15) is 8.78 Å². The summed E-state index contributed by atoms with van der Waals surface area (Å²) in [6.45, 7) is 9.27. The van der Waals surface area contributed by atoms with Crippen molar-refractivity contribution in [2.24, 2.45) is 0 Å². The van der Waals surface area contributed by atoms with Crippen molar-refractivity contribution < 1.29 is 8.78 Å². The Bertz CT molecular complexity index is 607. The molecule has 0 fully saturated rings. The van der Waals surface area contributed by atoms with E-state index >= 15 is 0 Å². The summed E-state index contributed by atoms with van der Waals surface area (Å²) in [5.41, 5.74) is 2.75. The van der Waals surface area contributed by atoms with E-state index in [1.54, 1.807) is 6.07 Å². The van der Waals surface area contributed by atoms with Crippen molar-refractivity contribution in [2.45, 2.75) is 20.4 Å². The van der Waals surface area contributed by atoms with Gasteiger partial charge in [-0.25, -0.2) is 8.78 Å². The molecule has 0 aliphatic carbocycles. The number of likely N-dealkylation sites (N-methyl/N-ethyl adjacent to an activating group) is 1. The van der Waals surface area contributed by atoms with Crippen LogP contribution in [0.1, 0.15) is 19.4 Å². The normalized spacial score (nSPS) is 11.2. The molecule has 0 heterocycles. The van der Waals surface area contributed by atoms with Gasteiger partial charge in [0.1, 0.15) is 0 Å². The van der Waals surface area contributed by atoms with Crippen LogP contribution >= 0.6 is 0 Å². The van der Waals surface area contributed by atoms with Crippen LogP contribution < -0.4 is 5.32 Å². The van der Waals surface area contributed by atoms with Crippen LogP contribution in [0.2, 0.25) is 0 Å². The summed E-state index contributed by atoms with van der Waals surface area (Å²) in [5.74, 6) is -1.63. The zero-order chi connectivity index (χ0) is 16.7. The maximum atomic E-state index is 13.3. The van der Waals surface area contributed by atoms with E-state index < -0.39 is 11.6 Å². The van der Waals surface area contributed by atoms with Gasteiger partial charge in [0.25, 0.3) is 0 Å². The summed E-state index contributed by atoms with van der Waals surface area (Å²) < 4.78 is 26.3. The minimum atomic E-state index is -0.817. The zero-order valence-electron chi connectivity index (χ0n) is 13.8. The van der Waals surface area contributed by atoms with Crippen molar-refractivity contribution >= 4 is 0 Å². The van der Waals surface area contributed by atoms with Crippen molar-refractivity contribution in [3.63, 3.8) is 0 Å². The van der Waals surface area contributed by atoms with E-state index in [2.05, 4.69) is 24.1 Å². The fourth-order valence-electron chi connectivity index (χ4n) is 2.50. The third-order valence-electron chi connectivity index (χ3n) is 4.04. The van der Waals surface area contributed by atoms with Gasteiger partial charge >= 0.3 is 0 Å². The molecule has 4 heteroatoms. The number of rotatable bonds is 8. The van der Waals surface area contributed by atoms with Crippen molar-refractivity contribution in [1.82, 2.24) is 10.2 Å². The maximum Gasteiger partial charge on any atom is 0.159 e. The minimum absolute atomic E-state index is 0.685. The molecule has 124 valence electrons. The average Bonchev–Trinajstić information content (AvgIpc) is 2.58. The lowest BCUT2D eigenvalue weighted by molar-refractivity contribution is 0.302. The molecule has 2 rings (SSSR count). The van der Waals surface area contributed by atoms with Crippen molar-refractivity contribution in [1.29, 1.82) is 0 Å². The molecule has 0 aromatic heterocycles. The third-order valence-corrected chi connectivity index (χ3v) is 4.04. The molecule has 0 saturated carbocycles. The van der Waals surface area contributed by atoms with Gasteiger partial charge < -0.3 is 10.2 Å². The van der Waals surface area contributed by atoms with Crippen molar-refractivity contribution in [2.75, 3.05) is 26.2 Å². The lowest BCUT2D eigenvalue weighted by Crippen LogP contribution is -2.31. The predicted molar refractivity (Wildman–Crippen MR) is 91.3 cm³/mol. The van der Waals surface area contributed by atoms with Crippen LogP contribution in [-0.2, 0) is 6.54 Å². The molecule has 0 amide bonds. The van der Waals surface area contributed by atoms with Crippen molar-refractivity contribution in [3.05, 3.63) is 59.7 Å². The van der Waals surface area contributed by atoms with Gasteiger partial charge in [0.2, 0.25) is 0 Å². The molecule has 0 atom stereocenters. The van der Waals surface area contributed by atoms with E-state index in [1.807, 2.05) is 24.3 Å². The quantitative estimate of drug-likeness (QED) is 0.738. The highest BCUT2D eigenvalue weighted by molar-refractivity contribution is 5.63. The lowest BCUT2D eigenvalue weighted by atomic mass is 10.0. The molecule has 2 nitrogen and oxygen atoms in total. The second-order valence-corrected chi connectivity index (χ2v) is 5.53. The Morgan fingerprint density at radius 3 is 2.13 bits per heavy atom. The Labute approximate surface area is 137 Å². The Hall–Kier alpha value is -1.78. The predicted octanol–water partition coefficient (Wildman–Crippen LogP) is 4.06. The van der Waals surface area contributed by atoms with Gasteiger partial charge in [0.05, 0.1) is 0 Å². The molecule has 2 aromatic rings. The average molecular weight is 318 g/mol. The molecule has 2 aromatic carbocycles. The standard InChI is InChI=1S/C19H24F2N2/c1-3-23(4-2)12-11-22-14-15-5-7-16(8-6-15)17-9-10-18(20)19(21)13-17/h5-10,13,22H,3-4,11-12,14H2,1-2H3. The van der Waals surface area contributed by atoms with Crippen LogP contribution in [0.5, 0.6) is 0 Å². The SMILES string of the molecule is CCN(CC)CCNCc1ccc(-c2ccc(F)c(F)c2)cc1. The van der Waals surface area contributed by atoms with Crippen molar-refractivity contribution in [3.8, 4) is 11.1 Å². The van der Waals surface area contributed by atoms with Crippen LogP contribution in [0.4, 0.5) is 8.78 Å². The second-order valence-electron chi connectivity index (χ2n) is 5.53. The fourth-order valence-corrected chi connectivity index (χ4v) is 2.50. The molecular weight excluding hydrogens is 294 g/mol. The van der Waals surface area contributed by atoms with Gasteiger partial charge in [0.15, 0.2) is 11.6 Å². The Kier molecular flexibility index (Phi) is 6.68. The molecular formula is C19H24F2N2. The fraction of sp³-hybridized carbons (Fsp3) is 0.368. The van der Waals surface area contributed by atoms with Crippen LogP contribution in [0.15, 0.2) is 42.5 Å². The summed E-state index contributed by atoms with van der Waals surface area (Å²) >= 11 is 0. The van der Waals surface area contributed by atoms with E-state index in [4.69, 9.17) is 0 Å². The van der Waals surface area contributed by atoms with E-state index in [1.165, 1.54) is 11.6 Å². The summed E-state index contributed by atoms with van der Waals surface area (Å²) in [4.78, 5) is 2.37. The molecule has 0 aliphatic heterocycles.